The van der Waals surface area contributed by atoms with Crippen LogP contribution in [0.4, 0.5) is 10.6 Å². The number of aromatic nitrogens is 3. The number of nitrogens with zero attached hydrogens (tertiary/aromatic N) is 4. The van der Waals surface area contributed by atoms with Crippen LogP contribution in [0.3, 0.4) is 0 Å². The van der Waals surface area contributed by atoms with Gasteiger partial charge in [0.2, 0.25) is 0 Å². The van der Waals surface area contributed by atoms with Gasteiger partial charge in [0.25, 0.3) is 0 Å². The maximum Gasteiger partial charge on any atom is 0.407 e. The lowest BCUT2D eigenvalue weighted by Gasteiger charge is -2.31. The number of carbonyl (C=O) groups is 1. The average Bonchev–Trinajstić information content (AvgIpc) is 2.91. The van der Waals surface area contributed by atoms with Crippen LogP contribution < -0.4 is 5.32 Å². The molecule has 0 aromatic carbocycles. The summed E-state index contributed by atoms with van der Waals surface area (Å²) in [6.45, 7) is 5.20. The van der Waals surface area contributed by atoms with Crippen molar-refractivity contribution in [1.29, 1.82) is 0 Å². The summed E-state index contributed by atoms with van der Waals surface area (Å²) in [5.41, 5.74) is 1.77. The second kappa shape index (κ2) is 6.23. The van der Waals surface area contributed by atoms with Crippen molar-refractivity contribution in [3.8, 4) is 0 Å². The van der Waals surface area contributed by atoms with Gasteiger partial charge in [-0.25, -0.2) is 9.78 Å². The summed E-state index contributed by atoms with van der Waals surface area (Å²) in [4.78, 5) is 17.0. The highest BCUT2D eigenvalue weighted by molar-refractivity contribution is 6.29. The number of piperidine rings is 1. The number of anilines is 1. The molecule has 0 aliphatic carbocycles. The van der Waals surface area contributed by atoms with Gasteiger partial charge in [-0.2, -0.15) is 9.61 Å². The standard InChI is InChI=1S/C15H20ClN5O2/c1-9(2)11-7-17-21-13(6-12(16)19-14(11)21)18-10-4-3-5-20(8-10)15(22)23/h6-7,9-10,18H,3-5,8H2,1-2H3,(H,22,23). The van der Waals surface area contributed by atoms with Crippen LogP contribution in [0.1, 0.15) is 38.2 Å². The summed E-state index contributed by atoms with van der Waals surface area (Å²) in [6.07, 6.45) is 2.67. The highest BCUT2D eigenvalue weighted by Crippen LogP contribution is 2.25. The molecule has 0 spiro atoms. The van der Waals surface area contributed by atoms with Crippen molar-refractivity contribution in [2.45, 2.75) is 38.6 Å². The average molecular weight is 338 g/mol. The van der Waals surface area contributed by atoms with Gasteiger partial charge in [0, 0.05) is 30.8 Å². The maximum absolute atomic E-state index is 11.1. The molecule has 1 aliphatic heterocycles. The number of nitrogens with one attached hydrogen (secondary N) is 1. The predicted molar refractivity (Wildman–Crippen MR) is 88.3 cm³/mol. The lowest BCUT2D eigenvalue weighted by molar-refractivity contribution is 0.132. The second-order valence-electron chi connectivity index (χ2n) is 6.17. The number of halogens is 1. The first-order valence-electron chi connectivity index (χ1n) is 7.74. The van der Waals surface area contributed by atoms with Crippen LogP contribution in [0, 0.1) is 0 Å². The summed E-state index contributed by atoms with van der Waals surface area (Å²) in [6, 6.07) is 1.76. The molecule has 1 fully saturated rings. The highest BCUT2D eigenvalue weighted by atomic mass is 35.5. The Morgan fingerprint density at radius 2 is 2.30 bits per heavy atom. The maximum atomic E-state index is 11.1. The van der Waals surface area contributed by atoms with E-state index in [-0.39, 0.29) is 6.04 Å². The number of rotatable bonds is 3. The monoisotopic (exact) mass is 337 g/mol. The smallest absolute Gasteiger partial charge is 0.407 e. The molecule has 0 radical (unpaired) electrons. The molecule has 1 unspecified atom stereocenters. The Morgan fingerprint density at radius 1 is 1.52 bits per heavy atom. The summed E-state index contributed by atoms with van der Waals surface area (Å²) < 4.78 is 1.74. The van der Waals surface area contributed by atoms with E-state index in [9.17, 15) is 4.79 Å². The number of carboxylic acid groups (broad SMARTS) is 1. The van der Waals surface area contributed by atoms with Gasteiger partial charge in [0.05, 0.1) is 6.20 Å². The van der Waals surface area contributed by atoms with E-state index in [0.717, 1.165) is 29.9 Å². The van der Waals surface area contributed by atoms with E-state index < -0.39 is 6.09 Å². The Hall–Kier alpha value is -2.02. The Balaban J connectivity index is 1.89. The lowest BCUT2D eigenvalue weighted by atomic mass is 10.1. The minimum Gasteiger partial charge on any atom is -0.465 e. The van der Waals surface area contributed by atoms with E-state index in [1.54, 1.807) is 16.8 Å². The normalized spacial score (nSPS) is 18.6. The van der Waals surface area contributed by atoms with Crippen LogP contribution in [0.2, 0.25) is 5.15 Å². The second-order valence-corrected chi connectivity index (χ2v) is 6.55. The van der Waals surface area contributed by atoms with Gasteiger partial charge in [-0.1, -0.05) is 25.4 Å². The molecule has 0 bridgehead atoms. The van der Waals surface area contributed by atoms with Crippen molar-refractivity contribution in [2.24, 2.45) is 0 Å². The van der Waals surface area contributed by atoms with Crippen molar-refractivity contribution in [2.75, 3.05) is 18.4 Å². The van der Waals surface area contributed by atoms with Crippen molar-refractivity contribution >= 4 is 29.2 Å². The Morgan fingerprint density at radius 3 is 3.00 bits per heavy atom. The molecule has 7 nitrogen and oxygen atoms in total. The first kappa shape index (κ1) is 15.9. The van der Waals surface area contributed by atoms with Gasteiger partial charge >= 0.3 is 6.09 Å². The summed E-state index contributed by atoms with van der Waals surface area (Å²) in [7, 11) is 0. The molecule has 2 N–H and O–H groups in total. The minimum absolute atomic E-state index is 0.0354. The molecule has 23 heavy (non-hydrogen) atoms. The number of likely N-dealkylation sites (tertiary alicyclic amines) is 1. The largest absolute Gasteiger partial charge is 0.465 e. The van der Waals surface area contributed by atoms with Crippen molar-refractivity contribution in [3.63, 3.8) is 0 Å². The summed E-state index contributed by atoms with van der Waals surface area (Å²) in [5.74, 6) is 1.03. The van der Waals surface area contributed by atoms with E-state index in [2.05, 4.69) is 29.2 Å². The third-order valence-electron chi connectivity index (χ3n) is 4.13. The van der Waals surface area contributed by atoms with Gasteiger partial charge < -0.3 is 15.3 Å². The number of amides is 1. The van der Waals surface area contributed by atoms with E-state index in [0.29, 0.717) is 24.2 Å². The molecule has 124 valence electrons. The fourth-order valence-corrected chi connectivity index (χ4v) is 3.12. The van der Waals surface area contributed by atoms with Gasteiger partial charge in [0.1, 0.15) is 11.0 Å². The van der Waals surface area contributed by atoms with Gasteiger partial charge in [-0.05, 0) is 18.8 Å². The third-order valence-corrected chi connectivity index (χ3v) is 4.33. The van der Waals surface area contributed by atoms with Gasteiger partial charge in [0.15, 0.2) is 5.65 Å². The lowest BCUT2D eigenvalue weighted by Crippen LogP contribution is -2.44. The van der Waals surface area contributed by atoms with E-state index in [1.165, 1.54) is 4.90 Å². The Labute approximate surface area is 139 Å². The Bertz CT molecular complexity index is 730. The highest BCUT2D eigenvalue weighted by Gasteiger charge is 2.24. The van der Waals surface area contributed by atoms with Crippen molar-refractivity contribution in [3.05, 3.63) is 23.0 Å². The van der Waals surface area contributed by atoms with E-state index >= 15 is 0 Å². The molecule has 1 saturated heterocycles. The van der Waals surface area contributed by atoms with Crippen LogP contribution in [-0.4, -0.2) is 49.8 Å². The van der Waals surface area contributed by atoms with Crippen molar-refractivity contribution < 1.29 is 9.90 Å². The fourth-order valence-electron chi connectivity index (χ4n) is 2.94. The predicted octanol–water partition coefficient (Wildman–Crippen LogP) is 3.06. The topological polar surface area (TPSA) is 82.8 Å². The number of hydrogen-bond donors (Lipinski definition) is 2. The van der Waals surface area contributed by atoms with E-state index in [4.69, 9.17) is 16.7 Å². The molecule has 1 amide bonds. The zero-order valence-corrected chi connectivity index (χ0v) is 13.9. The van der Waals surface area contributed by atoms with Crippen LogP contribution in [0.25, 0.3) is 5.65 Å². The molecule has 1 atom stereocenters. The minimum atomic E-state index is -0.879. The third kappa shape index (κ3) is 3.19. The quantitative estimate of drug-likeness (QED) is 0.841. The van der Waals surface area contributed by atoms with E-state index in [1.807, 2.05) is 0 Å². The van der Waals surface area contributed by atoms with Gasteiger partial charge in [-0.3, -0.25) is 0 Å². The molecular weight excluding hydrogens is 318 g/mol. The SMILES string of the molecule is CC(C)c1cnn2c(NC3CCCN(C(=O)O)C3)cc(Cl)nc12. The van der Waals surface area contributed by atoms with Crippen molar-refractivity contribution in [1.82, 2.24) is 19.5 Å². The van der Waals surface area contributed by atoms with Gasteiger partial charge in [-0.15, -0.1) is 0 Å². The number of hydrogen-bond acceptors (Lipinski definition) is 4. The molecule has 3 rings (SSSR count). The molecular formula is C15H20ClN5O2. The molecule has 2 aromatic rings. The van der Waals surface area contributed by atoms with Crippen LogP contribution in [-0.2, 0) is 0 Å². The van der Waals surface area contributed by atoms with Crippen LogP contribution >= 0.6 is 11.6 Å². The molecule has 2 aromatic heterocycles. The number of fused-ring (bicyclic) bond motifs is 1. The first-order chi connectivity index (χ1) is 11.0. The summed E-state index contributed by atoms with van der Waals surface area (Å²) >= 11 is 6.16. The molecule has 3 heterocycles. The van der Waals surface area contributed by atoms with Crippen LogP contribution in [0.5, 0.6) is 0 Å². The zero-order chi connectivity index (χ0) is 16.6. The molecule has 8 heteroatoms. The fraction of sp³-hybridized carbons (Fsp3) is 0.533. The summed E-state index contributed by atoms with van der Waals surface area (Å²) in [5, 5.41) is 17.3. The first-order valence-corrected chi connectivity index (χ1v) is 8.12. The molecule has 1 aliphatic rings. The Kier molecular flexibility index (Phi) is 4.30. The zero-order valence-electron chi connectivity index (χ0n) is 13.2. The van der Waals surface area contributed by atoms with Crippen LogP contribution in [0.15, 0.2) is 12.3 Å². The molecule has 0 saturated carbocycles.